The molecule has 2 aromatic rings. The molecule has 1 amide bonds. The van der Waals surface area contributed by atoms with Gasteiger partial charge in [-0.25, -0.2) is 8.42 Å². The van der Waals surface area contributed by atoms with Crippen molar-refractivity contribution in [3.63, 3.8) is 0 Å². The number of amides is 1. The number of hydrogen-bond donors (Lipinski definition) is 2. The quantitative estimate of drug-likeness (QED) is 0.817. The van der Waals surface area contributed by atoms with Crippen LogP contribution >= 0.6 is 22.9 Å². The first-order valence-electron chi connectivity index (χ1n) is 6.88. The minimum Gasteiger partial charge on any atom is -0.356 e. The lowest BCUT2D eigenvalue weighted by Crippen LogP contribution is -2.22. The second-order valence-electron chi connectivity index (χ2n) is 5.01. The number of rotatable bonds is 6. The van der Waals surface area contributed by atoms with Crippen molar-refractivity contribution < 1.29 is 13.2 Å². The molecule has 0 saturated heterocycles. The Morgan fingerprint density at radius 3 is 2.74 bits per heavy atom. The third-order valence-corrected chi connectivity index (χ3v) is 5.97. The van der Waals surface area contributed by atoms with Crippen molar-refractivity contribution in [2.45, 2.75) is 25.2 Å². The summed E-state index contributed by atoms with van der Waals surface area (Å²) in [4.78, 5) is 11.1. The van der Waals surface area contributed by atoms with E-state index in [4.69, 9.17) is 11.6 Å². The van der Waals surface area contributed by atoms with Gasteiger partial charge in [-0.2, -0.15) is 0 Å². The van der Waals surface area contributed by atoms with Crippen LogP contribution in [0.25, 0.3) is 0 Å². The van der Waals surface area contributed by atoms with E-state index in [1.807, 2.05) is 5.38 Å². The number of sulfonamides is 1. The summed E-state index contributed by atoms with van der Waals surface area (Å²) >= 11 is 7.40. The van der Waals surface area contributed by atoms with Crippen molar-refractivity contribution in [3.05, 3.63) is 45.1 Å². The second kappa shape index (κ2) is 7.33. The zero-order chi connectivity index (χ0) is 17.0. The van der Waals surface area contributed by atoms with Crippen molar-refractivity contribution in [1.29, 1.82) is 0 Å². The Morgan fingerprint density at radius 1 is 1.30 bits per heavy atom. The molecule has 0 radical (unpaired) electrons. The molecule has 8 heteroatoms. The molecule has 0 aliphatic carbocycles. The van der Waals surface area contributed by atoms with E-state index in [1.54, 1.807) is 24.4 Å². The molecule has 2 rings (SSSR count). The number of benzene rings is 1. The van der Waals surface area contributed by atoms with E-state index in [2.05, 4.69) is 10.0 Å². The maximum Gasteiger partial charge on any atom is 0.262 e. The summed E-state index contributed by atoms with van der Waals surface area (Å²) in [5.74, 6) is -0.114. The van der Waals surface area contributed by atoms with Gasteiger partial charge in [0.15, 0.2) is 0 Å². The van der Waals surface area contributed by atoms with E-state index in [9.17, 15) is 13.2 Å². The number of nitrogens with one attached hydrogen (secondary N) is 2. The monoisotopic (exact) mass is 372 g/mol. The Kier molecular flexibility index (Phi) is 5.67. The molecule has 0 unspecified atom stereocenters. The van der Waals surface area contributed by atoms with Gasteiger partial charge in [0.25, 0.3) is 10.0 Å². The molecule has 0 atom stereocenters. The van der Waals surface area contributed by atoms with Gasteiger partial charge in [0, 0.05) is 23.9 Å². The standard InChI is InChI=1S/C15H17ClN2O3S2/c1-10-13(16)4-3-5-15(10)23(20,21)18-14-9-22-8-12(14)6-7-17-11(2)19/h3-5,8-9,18H,6-7H2,1-2H3,(H,17,19). The Bertz CT molecular complexity index is 816. The fraction of sp³-hybridized carbons (Fsp3) is 0.267. The van der Waals surface area contributed by atoms with Gasteiger partial charge in [0.1, 0.15) is 0 Å². The summed E-state index contributed by atoms with van der Waals surface area (Å²) in [7, 11) is -3.72. The Balaban J connectivity index is 2.20. The minimum absolute atomic E-state index is 0.114. The Morgan fingerprint density at radius 2 is 2.04 bits per heavy atom. The van der Waals surface area contributed by atoms with E-state index < -0.39 is 10.0 Å². The van der Waals surface area contributed by atoms with Crippen LogP contribution in [0.2, 0.25) is 5.02 Å². The van der Waals surface area contributed by atoms with Crippen LogP contribution in [0, 0.1) is 6.92 Å². The summed E-state index contributed by atoms with van der Waals surface area (Å²) in [6, 6.07) is 4.78. The summed E-state index contributed by atoms with van der Waals surface area (Å²) in [6.45, 7) is 3.57. The lowest BCUT2D eigenvalue weighted by molar-refractivity contribution is -0.118. The van der Waals surface area contributed by atoms with Crippen LogP contribution < -0.4 is 10.0 Å². The molecule has 0 bridgehead atoms. The predicted molar refractivity (Wildman–Crippen MR) is 93.7 cm³/mol. The van der Waals surface area contributed by atoms with Crippen LogP contribution in [0.5, 0.6) is 0 Å². The zero-order valence-electron chi connectivity index (χ0n) is 12.7. The highest BCUT2D eigenvalue weighted by molar-refractivity contribution is 7.92. The highest BCUT2D eigenvalue weighted by Crippen LogP contribution is 2.28. The Labute approximate surface area is 144 Å². The van der Waals surface area contributed by atoms with Gasteiger partial charge in [-0.05, 0) is 42.0 Å². The van der Waals surface area contributed by atoms with E-state index in [0.29, 0.717) is 29.2 Å². The normalized spacial score (nSPS) is 11.3. The van der Waals surface area contributed by atoms with Crippen molar-refractivity contribution in [2.24, 2.45) is 0 Å². The summed E-state index contributed by atoms with van der Waals surface area (Å²) in [6.07, 6.45) is 0.551. The predicted octanol–water partition coefficient (Wildman–Crippen LogP) is 3.19. The molecule has 1 aromatic heterocycles. The number of halogens is 1. The van der Waals surface area contributed by atoms with Crippen LogP contribution in [0.4, 0.5) is 5.69 Å². The van der Waals surface area contributed by atoms with Gasteiger partial charge >= 0.3 is 0 Å². The first-order valence-corrected chi connectivity index (χ1v) is 9.69. The van der Waals surface area contributed by atoms with Gasteiger partial charge in [0.05, 0.1) is 10.6 Å². The lowest BCUT2D eigenvalue weighted by atomic mass is 10.2. The maximum atomic E-state index is 12.6. The number of carbonyl (C=O) groups is 1. The molecule has 1 aromatic carbocycles. The van der Waals surface area contributed by atoms with Gasteiger partial charge in [-0.15, -0.1) is 11.3 Å². The average molecular weight is 373 g/mol. The van der Waals surface area contributed by atoms with Gasteiger partial charge in [0.2, 0.25) is 5.91 Å². The highest BCUT2D eigenvalue weighted by Gasteiger charge is 2.19. The number of anilines is 1. The van der Waals surface area contributed by atoms with E-state index in [0.717, 1.165) is 5.56 Å². The summed E-state index contributed by atoms with van der Waals surface area (Å²) in [5, 5.41) is 6.70. The smallest absolute Gasteiger partial charge is 0.262 e. The molecular weight excluding hydrogens is 356 g/mol. The molecule has 23 heavy (non-hydrogen) atoms. The molecule has 1 heterocycles. The van der Waals surface area contributed by atoms with Crippen LogP contribution in [-0.2, 0) is 21.2 Å². The number of hydrogen-bond acceptors (Lipinski definition) is 4. The maximum absolute atomic E-state index is 12.6. The molecule has 5 nitrogen and oxygen atoms in total. The molecule has 0 aliphatic heterocycles. The van der Waals surface area contributed by atoms with E-state index in [-0.39, 0.29) is 10.8 Å². The van der Waals surface area contributed by atoms with E-state index in [1.165, 1.54) is 24.3 Å². The van der Waals surface area contributed by atoms with Gasteiger partial charge in [-0.1, -0.05) is 17.7 Å². The van der Waals surface area contributed by atoms with Gasteiger partial charge in [-0.3, -0.25) is 9.52 Å². The molecule has 0 fully saturated rings. The number of carbonyl (C=O) groups excluding carboxylic acids is 1. The lowest BCUT2D eigenvalue weighted by Gasteiger charge is -2.12. The van der Waals surface area contributed by atoms with Crippen molar-refractivity contribution in [1.82, 2.24) is 5.32 Å². The molecule has 0 aliphatic rings. The van der Waals surface area contributed by atoms with Crippen LogP contribution in [0.3, 0.4) is 0 Å². The van der Waals surface area contributed by atoms with Gasteiger partial charge < -0.3 is 5.32 Å². The van der Waals surface area contributed by atoms with Crippen LogP contribution in [0.1, 0.15) is 18.1 Å². The summed E-state index contributed by atoms with van der Waals surface area (Å²) in [5.41, 5.74) is 1.88. The fourth-order valence-electron chi connectivity index (χ4n) is 2.06. The molecule has 124 valence electrons. The SMILES string of the molecule is CC(=O)NCCc1cscc1NS(=O)(=O)c1cccc(Cl)c1C. The molecule has 0 saturated carbocycles. The van der Waals surface area contributed by atoms with Crippen molar-refractivity contribution >= 4 is 44.6 Å². The third kappa shape index (κ3) is 4.46. The molecule has 0 spiro atoms. The van der Waals surface area contributed by atoms with Crippen LogP contribution in [-0.4, -0.2) is 20.9 Å². The highest BCUT2D eigenvalue weighted by atomic mass is 35.5. The average Bonchev–Trinajstić information content (AvgIpc) is 2.88. The Hall–Kier alpha value is -1.57. The van der Waals surface area contributed by atoms with Crippen LogP contribution in [0.15, 0.2) is 33.9 Å². The first-order chi connectivity index (χ1) is 10.8. The first kappa shape index (κ1) is 17.8. The number of thiophene rings is 1. The minimum atomic E-state index is -3.72. The van der Waals surface area contributed by atoms with Crippen molar-refractivity contribution in [3.8, 4) is 0 Å². The fourth-order valence-corrected chi connectivity index (χ4v) is 4.55. The third-order valence-electron chi connectivity index (χ3n) is 3.26. The second-order valence-corrected chi connectivity index (χ2v) is 7.81. The molecular formula is C15H17ClN2O3S2. The largest absolute Gasteiger partial charge is 0.356 e. The molecule has 2 N–H and O–H groups in total. The van der Waals surface area contributed by atoms with Crippen molar-refractivity contribution in [2.75, 3.05) is 11.3 Å². The van der Waals surface area contributed by atoms with E-state index >= 15 is 0 Å². The topological polar surface area (TPSA) is 75.3 Å². The summed E-state index contributed by atoms with van der Waals surface area (Å²) < 4.78 is 27.7. The zero-order valence-corrected chi connectivity index (χ0v) is 15.1.